The van der Waals surface area contributed by atoms with E-state index in [2.05, 4.69) is 20.7 Å². The van der Waals surface area contributed by atoms with Gasteiger partial charge in [0.2, 0.25) is 0 Å². The highest BCUT2D eigenvalue weighted by Gasteiger charge is 2.52. The molecule has 5 heteroatoms. The number of amides is 1. The van der Waals surface area contributed by atoms with Gasteiger partial charge in [0.05, 0.1) is 6.21 Å². The second-order valence-corrected chi connectivity index (χ2v) is 9.36. The van der Waals surface area contributed by atoms with E-state index in [0.29, 0.717) is 5.69 Å². The second kappa shape index (κ2) is 7.29. The Labute approximate surface area is 171 Å². The summed E-state index contributed by atoms with van der Waals surface area (Å²) in [7, 11) is 0. The van der Waals surface area contributed by atoms with Gasteiger partial charge in [-0.15, -0.1) is 0 Å². The van der Waals surface area contributed by atoms with Crippen LogP contribution in [-0.2, 0) is 5.41 Å². The van der Waals surface area contributed by atoms with Gasteiger partial charge in [0.15, 0.2) is 5.69 Å². The van der Waals surface area contributed by atoms with Crippen molar-refractivity contribution >= 4 is 18.2 Å². The van der Waals surface area contributed by atoms with E-state index in [9.17, 15) is 4.79 Å². The van der Waals surface area contributed by atoms with E-state index in [4.69, 9.17) is 0 Å². The number of hydrogen-bond acceptors (Lipinski definition) is 3. The fraction of sp³-hybridized carbons (Fsp3) is 0.458. The largest absolute Gasteiger partial charge is 0.291 e. The Hall–Kier alpha value is -2.69. The molecule has 6 rings (SSSR count). The minimum Gasteiger partial charge on any atom is -0.281 e. The molecule has 0 atom stereocenters. The first-order valence-electron chi connectivity index (χ1n) is 10.7. The normalized spacial score (nSPS) is 30.8. The topological polar surface area (TPSA) is 70.1 Å². The molecule has 4 fully saturated rings. The summed E-state index contributed by atoms with van der Waals surface area (Å²) in [5, 5.41) is 11.6. The molecule has 2 aromatic rings. The van der Waals surface area contributed by atoms with Crippen LogP contribution in [0.4, 0.5) is 0 Å². The monoisotopic (exact) mass is 388 g/mol. The summed E-state index contributed by atoms with van der Waals surface area (Å²) < 4.78 is 0. The third kappa shape index (κ3) is 3.66. The van der Waals surface area contributed by atoms with E-state index < -0.39 is 0 Å². The summed E-state index contributed by atoms with van der Waals surface area (Å²) in [6, 6.07) is 12.0. The van der Waals surface area contributed by atoms with Crippen molar-refractivity contribution in [2.24, 2.45) is 22.9 Å². The first kappa shape index (κ1) is 18.3. The van der Waals surface area contributed by atoms with Gasteiger partial charge >= 0.3 is 0 Å². The smallest absolute Gasteiger partial charge is 0.281 e. The number of hydrazone groups is 1. The van der Waals surface area contributed by atoms with Gasteiger partial charge < -0.3 is 0 Å². The van der Waals surface area contributed by atoms with Crippen LogP contribution < -0.4 is 5.43 Å². The third-order valence-electron chi connectivity index (χ3n) is 7.05. The number of aromatic nitrogens is 2. The first-order valence-corrected chi connectivity index (χ1v) is 10.7. The Morgan fingerprint density at radius 1 is 1.14 bits per heavy atom. The minimum atomic E-state index is -0.263. The van der Waals surface area contributed by atoms with Gasteiger partial charge in [-0.3, -0.25) is 9.89 Å². The number of rotatable bonds is 5. The van der Waals surface area contributed by atoms with Crippen LogP contribution in [0.3, 0.4) is 0 Å². The fourth-order valence-electron chi connectivity index (χ4n) is 6.25. The number of hydrogen-bond donors (Lipinski definition) is 2. The zero-order chi connectivity index (χ0) is 19.8. The highest BCUT2D eigenvalue weighted by molar-refractivity contribution is 5.93. The molecule has 4 aliphatic carbocycles. The maximum Gasteiger partial charge on any atom is 0.291 e. The number of benzene rings is 1. The van der Waals surface area contributed by atoms with Crippen LogP contribution in [0, 0.1) is 17.8 Å². The second-order valence-electron chi connectivity index (χ2n) is 9.36. The third-order valence-corrected chi connectivity index (χ3v) is 7.05. The Morgan fingerprint density at radius 2 is 1.79 bits per heavy atom. The number of allylic oxidation sites excluding steroid dienone is 1. The molecule has 1 heterocycles. The van der Waals surface area contributed by atoms with Gasteiger partial charge in [-0.05, 0) is 80.4 Å². The predicted molar refractivity (Wildman–Crippen MR) is 114 cm³/mol. The summed E-state index contributed by atoms with van der Waals surface area (Å²) in [6.45, 7) is 1.96. The number of carbonyl (C=O) groups is 1. The summed E-state index contributed by atoms with van der Waals surface area (Å²) >= 11 is 0. The molecule has 1 aromatic heterocycles. The molecule has 1 amide bonds. The zero-order valence-corrected chi connectivity index (χ0v) is 16.9. The molecule has 1 aromatic carbocycles. The summed E-state index contributed by atoms with van der Waals surface area (Å²) in [6.07, 6.45) is 11.7. The lowest BCUT2D eigenvalue weighted by atomic mass is 9.49. The summed E-state index contributed by atoms with van der Waals surface area (Å²) in [5.74, 6) is 2.34. The Balaban J connectivity index is 1.24. The van der Waals surface area contributed by atoms with Crippen LogP contribution in [0.1, 0.15) is 67.2 Å². The van der Waals surface area contributed by atoms with Crippen LogP contribution in [0.2, 0.25) is 0 Å². The number of carbonyl (C=O) groups excluding carboxylic acids is 1. The van der Waals surface area contributed by atoms with Crippen molar-refractivity contribution in [3.05, 3.63) is 58.9 Å². The maximum atomic E-state index is 12.5. The number of aromatic amines is 1. The van der Waals surface area contributed by atoms with Crippen LogP contribution in [0.25, 0.3) is 6.08 Å². The van der Waals surface area contributed by atoms with Crippen LogP contribution >= 0.6 is 0 Å². The van der Waals surface area contributed by atoms with E-state index in [1.807, 2.05) is 49.4 Å². The molecule has 4 bridgehead atoms. The average Bonchev–Trinajstić information content (AvgIpc) is 3.19. The van der Waals surface area contributed by atoms with E-state index in [0.717, 1.165) is 34.6 Å². The van der Waals surface area contributed by atoms with E-state index in [1.54, 1.807) is 6.21 Å². The molecule has 150 valence electrons. The molecule has 5 nitrogen and oxygen atoms in total. The molecule has 0 spiro atoms. The summed E-state index contributed by atoms with van der Waals surface area (Å²) in [5.41, 5.74) is 6.49. The van der Waals surface area contributed by atoms with E-state index >= 15 is 0 Å². The number of nitrogens with one attached hydrogen (secondary N) is 2. The van der Waals surface area contributed by atoms with Gasteiger partial charge in [0.25, 0.3) is 5.91 Å². The lowest BCUT2D eigenvalue weighted by Gasteiger charge is -2.56. The number of nitrogens with zero attached hydrogens (tertiary/aromatic N) is 2. The minimum absolute atomic E-state index is 0.221. The van der Waals surface area contributed by atoms with Crippen LogP contribution in [0.15, 0.2) is 47.1 Å². The van der Waals surface area contributed by atoms with Gasteiger partial charge in [0, 0.05) is 11.1 Å². The maximum absolute atomic E-state index is 12.5. The predicted octanol–water partition coefficient (Wildman–Crippen LogP) is 4.70. The van der Waals surface area contributed by atoms with Crippen molar-refractivity contribution in [3.63, 3.8) is 0 Å². The molecule has 0 radical (unpaired) electrons. The van der Waals surface area contributed by atoms with Gasteiger partial charge in [-0.2, -0.15) is 10.2 Å². The quantitative estimate of drug-likeness (QED) is 0.576. The van der Waals surface area contributed by atoms with Crippen molar-refractivity contribution in [2.75, 3.05) is 0 Å². The standard InChI is InChI=1S/C24H28N4O/c1-16(7-17-5-3-2-4-6-17)15-25-28-23(29)21-11-22(27-26-21)24-12-18-8-19(13-24)10-20(9-18)14-24/h2-7,11,15,18-20H,8-10,12-14H2,1H3,(H,26,27)(H,28,29)/b16-7+,25-15-. The fourth-order valence-corrected chi connectivity index (χ4v) is 6.25. The zero-order valence-electron chi connectivity index (χ0n) is 16.9. The van der Waals surface area contributed by atoms with Crippen molar-refractivity contribution in [2.45, 2.75) is 50.9 Å². The summed E-state index contributed by atoms with van der Waals surface area (Å²) in [4.78, 5) is 12.5. The van der Waals surface area contributed by atoms with Crippen molar-refractivity contribution in [1.82, 2.24) is 15.6 Å². The average molecular weight is 389 g/mol. The molecule has 2 N–H and O–H groups in total. The first-order chi connectivity index (χ1) is 14.1. The van der Waals surface area contributed by atoms with E-state index in [1.165, 1.54) is 38.5 Å². The van der Waals surface area contributed by atoms with Crippen molar-refractivity contribution in [1.29, 1.82) is 0 Å². The van der Waals surface area contributed by atoms with Crippen LogP contribution in [0.5, 0.6) is 0 Å². The Morgan fingerprint density at radius 3 is 2.45 bits per heavy atom. The lowest BCUT2D eigenvalue weighted by Crippen LogP contribution is -2.48. The molecule has 29 heavy (non-hydrogen) atoms. The van der Waals surface area contributed by atoms with Gasteiger partial charge in [0.1, 0.15) is 0 Å². The Bertz CT molecular complexity index is 921. The van der Waals surface area contributed by atoms with Gasteiger partial charge in [-0.25, -0.2) is 5.43 Å². The van der Waals surface area contributed by atoms with Crippen LogP contribution in [-0.4, -0.2) is 22.3 Å². The highest BCUT2D eigenvalue weighted by Crippen LogP contribution is 2.60. The molecular weight excluding hydrogens is 360 g/mol. The molecule has 0 saturated heterocycles. The molecule has 0 unspecified atom stereocenters. The van der Waals surface area contributed by atoms with Crippen molar-refractivity contribution in [3.8, 4) is 0 Å². The van der Waals surface area contributed by atoms with Gasteiger partial charge in [-0.1, -0.05) is 36.4 Å². The van der Waals surface area contributed by atoms with Crippen molar-refractivity contribution < 1.29 is 4.79 Å². The number of H-pyrrole nitrogens is 1. The molecule has 4 saturated carbocycles. The SMILES string of the molecule is CC(/C=N\NC(=O)c1cc(C23CC4CC(CC(C4)C2)C3)[nH]n1)=C\c1ccccc1. The Kier molecular flexibility index (Phi) is 4.61. The van der Waals surface area contributed by atoms with E-state index in [-0.39, 0.29) is 11.3 Å². The molecule has 0 aliphatic heterocycles. The molecule has 4 aliphatic rings. The lowest BCUT2D eigenvalue weighted by molar-refractivity contribution is -0.00721. The highest BCUT2D eigenvalue weighted by atomic mass is 16.2. The molecular formula is C24H28N4O.